The summed E-state index contributed by atoms with van der Waals surface area (Å²) in [5, 5.41) is 10.9. The molecule has 2 N–H and O–H groups in total. The van der Waals surface area contributed by atoms with E-state index in [-0.39, 0.29) is 5.69 Å². The zero-order chi connectivity index (χ0) is 23.1. The highest BCUT2D eigenvalue weighted by Gasteiger charge is 2.14. The van der Waals surface area contributed by atoms with Crippen molar-refractivity contribution in [3.8, 4) is 40.0 Å². The fourth-order valence-electron chi connectivity index (χ4n) is 2.96. The van der Waals surface area contributed by atoms with Gasteiger partial charge in [0.25, 0.3) is 5.91 Å². The van der Waals surface area contributed by atoms with Crippen LogP contribution in [-0.4, -0.2) is 57.9 Å². The van der Waals surface area contributed by atoms with Crippen LogP contribution in [0.5, 0.6) is 28.7 Å². The maximum absolute atomic E-state index is 12.5. The van der Waals surface area contributed by atoms with Crippen molar-refractivity contribution < 1.29 is 28.5 Å². The monoisotopic (exact) mass is 440 g/mol. The van der Waals surface area contributed by atoms with Crippen LogP contribution in [0.25, 0.3) is 11.3 Å². The van der Waals surface area contributed by atoms with Gasteiger partial charge in [-0.1, -0.05) is 0 Å². The summed E-state index contributed by atoms with van der Waals surface area (Å²) in [6, 6.07) is 10.3. The molecule has 1 amide bonds. The Morgan fingerprint density at radius 1 is 0.844 bits per heavy atom. The molecule has 1 heterocycles. The second kappa shape index (κ2) is 10.2. The van der Waals surface area contributed by atoms with Crippen molar-refractivity contribution >= 4 is 12.1 Å². The van der Waals surface area contributed by atoms with Crippen molar-refractivity contribution in [3.63, 3.8) is 0 Å². The number of rotatable bonds is 9. The number of hydrogen-bond acceptors (Lipinski definition) is 8. The average molecular weight is 440 g/mol. The Hall–Kier alpha value is -4.21. The van der Waals surface area contributed by atoms with E-state index < -0.39 is 5.91 Å². The van der Waals surface area contributed by atoms with Crippen LogP contribution >= 0.6 is 0 Å². The summed E-state index contributed by atoms with van der Waals surface area (Å²) in [5.41, 5.74) is 4.63. The van der Waals surface area contributed by atoms with Gasteiger partial charge in [0.2, 0.25) is 0 Å². The number of methoxy groups -OCH3 is 5. The van der Waals surface area contributed by atoms with E-state index in [9.17, 15) is 4.79 Å². The van der Waals surface area contributed by atoms with Crippen molar-refractivity contribution in [2.45, 2.75) is 0 Å². The highest BCUT2D eigenvalue weighted by molar-refractivity contribution is 5.94. The van der Waals surface area contributed by atoms with Gasteiger partial charge in [0.05, 0.1) is 47.5 Å². The minimum atomic E-state index is -0.458. The van der Waals surface area contributed by atoms with E-state index in [1.54, 1.807) is 44.6 Å². The average Bonchev–Trinajstić information content (AvgIpc) is 3.33. The van der Waals surface area contributed by atoms with Crippen molar-refractivity contribution in [3.05, 3.63) is 47.7 Å². The van der Waals surface area contributed by atoms with Crippen LogP contribution in [-0.2, 0) is 0 Å². The summed E-state index contributed by atoms with van der Waals surface area (Å²) in [6.45, 7) is 0. The van der Waals surface area contributed by atoms with Gasteiger partial charge in [-0.3, -0.25) is 9.89 Å². The first-order chi connectivity index (χ1) is 15.5. The fourth-order valence-corrected chi connectivity index (χ4v) is 2.96. The number of H-pyrrole nitrogens is 1. The van der Waals surface area contributed by atoms with E-state index in [1.165, 1.54) is 27.5 Å². The topological polar surface area (TPSA) is 116 Å². The Balaban J connectivity index is 1.74. The van der Waals surface area contributed by atoms with Gasteiger partial charge in [0.15, 0.2) is 23.0 Å². The van der Waals surface area contributed by atoms with Crippen LogP contribution < -0.4 is 29.1 Å². The standard InChI is InChI=1S/C22H24N4O6/c1-28-17-7-6-13(8-19(17)30-3)15-10-16(25-24-15)22(27)26-23-12-14-9-20(31-4)21(32-5)11-18(14)29-2/h6-12H,1-5H3,(H,24,25)(H,26,27)/b23-12+. The number of benzene rings is 2. The van der Waals surface area contributed by atoms with Crippen molar-refractivity contribution in [2.75, 3.05) is 35.5 Å². The molecule has 168 valence electrons. The molecule has 0 aliphatic rings. The Kier molecular flexibility index (Phi) is 7.17. The smallest absolute Gasteiger partial charge is 0.289 e. The number of carbonyl (C=O) groups excluding carboxylic acids is 1. The first kappa shape index (κ1) is 22.5. The maximum atomic E-state index is 12.5. The number of hydrogen-bond donors (Lipinski definition) is 2. The number of nitrogens with one attached hydrogen (secondary N) is 2. The third kappa shape index (κ3) is 4.75. The van der Waals surface area contributed by atoms with Gasteiger partial charge in [-0.05, 0) is 30.3 Å². The van der Waals surface area contributed by atoms with E-state index >= 15 is 0 Å². The largest absolute Gasteiger partial charge is 0.496 e. The molecule has 32 heavy (non-hydrogen) atoms. The zero-order valence-corrected chi connectivity index (χ0v) is 18.4. The fraction of sp³-hybridized carbons (Fsp3) is 0.227. The summed E-state index contributed by atoms with van der Waals surface area (Å²) < 4.78 is 26.4. The predicted octanol–water partition coefficient (Wildman–Crippen LogP) is 2.88. The number of aromatic nitrogens is 2. The summed E-state index contributed by atoms with van der Waals surface area (Å²) >= 11 is 0. The first-order valence-corrected chi connectivity index (χ1v) is 9.45. The molecule has 0 atom stereocenters. The molecule has 0 bridgehead atoms. The molecule has 0 saturated carbocycles. The number of ether oxygens (including phenoxy) is 5. The van der Waals surface area contributed by atoms with Gasteiger partial charge < -0.3 is 23.7 Å². The normalized spacial score (nSPS) is 10.7. The van der Waals surface area contributed by atoms with Crippen molar-refractivity contribution in [1.29, 1.82) is 0 Å². The van der Waals surface area contributed by atoms with Crippen molar-refractivity contribution in [2.24, 2.45) is 5.10 Å². The number of amides is 1. The van der Waals surface area contributed by atoms with Crippen LogP contribution in [0.15, 0.2) is 41.5 Å². The minimum absolute atomic E-state index is 0.242. The summed E-state index contributed by atoms with van der Waals surface area (Å²) in [5.74, 6) is 2.25. The van der Waals surface area contributed by atoms with E-state index in [0.29, 0.717) is 40.0 Å². The van der Waals surface area contributed by atoms with E-state index in [2.05, 4.69) is 20.7 Å². The Bertz CT molecular complexity index is 1130. The summed E-state index contributed by atoms with van der Waals surface area (Å²) in [6.07, 6.45) is 1.45. The highest BCUT2D eigenvalue weighted by atomic mass is 16.5. The molecule has 3 aromatic rings. The van der Waals surface area contributed by atoms with E-state index in [1.807, 2.05) is 6.07 Å². The lowest BCUT2D eigenvalue weighted by atomic mass is 10.1. The molecule has 0 aliphatic carbocycles. The van der Waals surface area contributed by atoms with Gasteiger partial charge in [-0.2, -0.15) is 10.2 Å². The molecule has 3 rings (SSSR count). The Labute approximate surface area is 185 Å². The van der Waals surface area contributed by atoms with Crippen LogP contribution in [0.1, 0.15) is 16.1 Å². The maximum Gasteiger partial charge on any atom is 0.289 e. The number of aromatic amines is 1. The molecule has 10 nitrogen and oxygen atoms in total. The van der Waals surface area contributed by atoms with Gasteiger partial charge in [0.1, 0.15) is 11.4 Å². The predicted molar refractivity (Wildman–Crippen MR) is 118 cm³/mol. The molecular weight excluding hydrogens is 416 g/mol. The van der Waals surface area contributed by atoms with Crippen LogP contribution in [0.4, 0.5) is 0 Å². The first-order valence-electron chi connectivity index (χ1n) is 9.45. The molecule has 1 aromatic heterocycles. The van der Waals surface area contributed by atoms with Gasteiger partial charge >= 0.3 is 0 Å². The van der Waals surface area contributed by atoms with Gasteiger partial charge in [-0.25, -0.2) is 5.43 Å². The summed E-state index contributed by atoms with van der Waals surface area (Å²) in [7, 11) is 7.70. The third-order valence-corrected chi connectivity index (χ3v) is 4.61. The van der Waals surface area contributed by atoms with Crippen LogP contribution in [0.3, 0.4) is 0 Å². The highest BCUT2D eigenvalue weighted by Crippen LogP contribution is 2.34. The lowest BCUT2D eigenvalue weighted by Crippen LogP contribution is -2.18. The van der Waals surface area contributed by atoms with Crippen molar-refractivity contribution in [1.82, 2.24) is 15.6 Å². The third-order valence-electron chi connectivity index (χ3n) is 4.61. The minimum Gasteiger partial charge on any atom is -0.496 e. The molecule has 0 aliphatic heterocycles. The molecule has 10 heteroatoms. The number of nitrogens with zero attached hydrogens (tertiary/aromatic N) is 2. The molecule has 0 spiro atoms. The summed E-state index contributed by atoms with van der Waals surface area (Å²) in [4.78, 5) is 12.5. The quantitative estimate of drug-likeness (QED) is 0.388. The SMILES string of the molecule is COc1cc(OC)c(OC)cc1/C=N/NC(=O)c1cc(-c2ccc(OC)c(OC)c2)n[nH]1. The van der Waals surface area contributed by atoms with Gasteiger partial charge in [0, 0.05) is 17.2 Å². The Morgan fingerprint density at radius 3 is 2.12 bits per heavy atom. The molecule has 0 fully saturated rings. The molecule has 0 radical (unpaired) electrons. The van der Waals surface area contributed by atoms with E-state index in [4.69, 9.17) is 23.7 Å². The lowest BCUT2D eigenvalue weighted by Gasteiger charge is -2.11. The molecular formula is C22H24N4O6. The Morgan fingerprint density at radius 2 is 1.47 bits per heavy atom. The second-order valence-electron chi connectivity index (χ2n) is 6.38. The number of hydrazone groups is 1. The zero-order valence-electron chi connectivity index (χ0n) is 18.4. The van der Waals surface area contributed by atoms with E-state index in [0.717, 1.165) is 5.56 Å². The number of carbonyl (C=O) groups is 1. The lowest BCUT2D eigenvalue weighted by molar-refractivity contribution is 0.0950. The van der Waals surface area contributed by atoms with Crippen LogP contribution in [0.2, 0.25) is 0 Å². The van der Waals surface area contributed by atoms with Crippen LogP contribution in [0, 0.1) is 0 Å². The molecule has 2 aromatic carbocycles. The molecule has 0 unspecified atom stereocenters. The van der Waals surface area contributed by atoms with Gasteiger partial charge in [-0.15, -0.1) is 0 Å². The second-order valence-corrected chi connectivity index (χ2v) is 6.38. The molecule has 0 saturated heterocycles.